The molecule has 0 saturated carbocycles. The van der Waals surface area contributed by atoms with Crippen molar-refractivity contribution in [3.05, 3.63) is 17.0 Å². The quantitative estimate of drug-likeness (QED) is 0.843. The Labute approximate surface area is 110 Å². The zero-order chi connectivity index (χ0) is 13.1. The van der Waals surface area contributed by atoms with Crippen molar-refractivity contribution in [2.75, 3.05) is 44.0 Å². The van der Waals surface area contributed by atoms with Gasteiger partial charge in [0.25, 0.3) is 0 Å². The molecule has 2 heterocycles. The van der Waals surface area contributed by atoms with Gasteiger partial charge in [0.15, 0.2) is 0 Å². The average Bonchev–Trinajstić information content (AvgIpc) is 2.76. The first kappa shape index (κ1) is 12.9. The van der Waals surface area contributed by atoms with Gasteiger partial charge in [0.1, 0.15) is 9.88 Å². The zero-order valence-electron chi connectivity index (χ0n) is 10.3. The van der Waals surface area contributed by atoms with Crippen LogP contribution in [0.3, 0.4) is 0 Å². The number of nitrogens with zero attached hydrogens (tertiary/aromatic N) is 1. The summed E-state index contributed by atoms with van der Waals surface area (Å²) in [6.45, 7) is 6.71. The molecule has 0 amide bonds. The molecule has 6 heteroatoms. The number of carbonyl (C=O) groups is 1. The number of rotatable bonds is 3. The number of nitrogen functional groups attached to an aromatic ring is 1. The molecular weight excluding hydrogens is 252 g/mol. The Morgan fingerprint density at radius 2 is 2.22 bits per heavy atom. The molecule has 98 valence electrons. The van der Waals surface area contributed by atoms with Crippen LogP contribution in [0.1, 0.15) is 15.2 Å². The Hall–Kier alpha value is -1.53. The van der Waals surface area contributed by atoms with Crippen LogP contribution in [0.2, 0.25) is 0 Å². The number of hydrogen-bond donors (Lipinski definition) is 1. The van der Waals surface area contributed by atoms with Gasteiger partial charge in [-0.15, -0.1) is 11.3 Å². The maximum atomic E-state index is 11.6. The second-order valence-electron chi connectivity index (χ2n) is 3.86. The number of methoxy groups -OCH3 is 1. The summed E-state index contributed by atoms with van der Waals surface area (Å²) in [4.78, 5) is 14.2. The van der Waals surface area contributed by atoms with Crippen LogP contribution in [0.4, 0.5) is 10.7 Å². The number of morpholine rings is 1. The number of anilines is 2. The topological polar surface area (TPSA) is 64.8 Å². The molecule has 1 aromatic rings. The van der Waals surface area contributed by atoms with Crippen LogP contribution >= 0.6 is 11.3 Å². The zero-order valence-corrected chi connectivity index (χ0v) is 11.1. The monoisotopic (exact) mass is 268 g/mol. The van der Waals surface area contributed by atoms with Crippen LogP contribution in [0.15, 0.2) is 6.58 Å². The predicted molar refractivity (Wildman–Crippen MR) is 73.2 cm³/mol. The summed E-state index contributed by atoms with van der Waals surface area (Å²) < 4.78 is 10.0. The summed E-state index contributed by atoms with van der Waals surface area (Å²) in [5, 5.41) is 0.964. The largest absolute Gasteiger partial charge is 0.465 e. The highest BCUT2D eigenvalue weighted by molar-refractivity contribution is 7.19. The Bertz CT molecular complexity index is 464. The first-order chi connectivity index (χ1) is 8.69. The van der Waals surface area contributed by atoms with Gasteiger partial charge in [-0.2, -0.15) is 0 Å². The SMILES string of the molecule is C=Cc1c(N2CCOCC2)sc(C(=O)OC)c1N. The van der Waals surface area contributed by atoms with Crippen molar-refractivity contribution in [1.29, 1.82) is 0 Å². The molecule has 5 nitrogen and oxygen atoms in total. The summed E-state index contributed by atoms with van der Waals surface area (Å²) in [5.74, 6) is -0.403. The minimum Gasteiger partial charge on any atom is -0.465 e. The van der Waals surface area contributed by atoms with Gasteiger partial charge >= 0.3 is 5.97 Å². The third-order valence-electron chi connectivity index (χ3n) is 2.84. The van der Waals surface area contributed by atoms with E-state index in [1.807, 2.05) is 0 Å². The fraction of sp³-hybridized carbons (Fsp3) is 0.417. The van der Waals surface area contributed by atoms with Crippen molar-refractivity contribution in [2.45, 2.75) is 0 Å². The molecule has 1 aliphatic rings. The summed E-state index contributed by atoms with van der Waals surface area (Å²) in [7, 11) is 1.35. The lowest BCUT2D eigenvalue weighted by molar-refractivity contribution is 0.0607. The lowest BCUT2D eigenvalue weighted by atomic mass is 10.2. The van der Waals surface area contributed by atoms with Gasteiger partial charge in [0.05, 0.1) is 26.0 Å². The highest BCUT2D eigenvalue weighted by Gasteiger charge is 2.24. The van der Waals surface area contributed by atoms with Crippen LogP contribution < -0.4 is 10.6 Å². The molecule has 0 atom stereocenters. The van der Waals surface area contributed by atoms with Gasteiger partial charge in [0, 0.05) is 18.7 Å². The molecule has 1 saturated heterocycles. The second-order valence-corrected chi connectivity index (χ2v) is 4.86. The Morgan fingerprint density at radius 1 is 1.56 bits per heavy atom. The normalized spacial score (nSPS) is 15.5. The first-order valence-corrected chi connectivity index (χ1v) is 6.46. The molecular formula is C12H16N2O3S. The van der Waals surface area contributed by atoms with E-state index in [4.69, 9.17) is 15.2 Å². The lowest BCUT2D eigenvalue weighted by Gasteiger charge is -2.28. The summed E-state index contributed by atoms with van der Waals surface area (Å²) in [6.07, 6.45) is 1.68. The molecule has 0 aliphatic carbocycles. The van der Waals surface area contributed by atoms with Gasteiger partial charge < -0.3 is 20.1 Å². The molecule has 0 unspecified atom stereocenters. The number of ether oxygens (including phenoxy) is 2. The molecule has 2 rings (SSSR count). The summed E-state index contributed by atoms with van der Waals surface area (Å²) in [5.41, 5.74) is 7.23. The van der Waals surface area contributed by atoms with Crippen LogP contribution in [0.25, 0.3) is 6.08 Å². The predicted octanol–water partition coefficient (Wildman–Crippen LogP) is 1.60. The van der Waals surface area contributed by atoms with Crippen LogP contribution in [-0.4, -0.2) is 39.4 Å². The van der Waals surface area contributed by atoms with Gasteiger partial charge in [0.2, 0.25) is 0 Å². The molecule has 0 spiro atoms. The molecule has 0 radical (unpaired) electrons. The average molecular weight is 268 g/mol. The number of hydrogen-bond acceptors (Lipinski definition) is 6. The summed E-state index contributed by atoms with van der Waals surface area (Å²) >= 11 is 1.35. The smallest absolute Gasteiger partial charge is 0.350 e. The van der Waals surface area contributed by atoms with E-state index < -0.39 is 5.97 Å². The van der Waals surface area contributed by atoms with E-state index in [0.29, 0.717) is 23.8 Å². The lowest BCUT2D eigenvalue weighted by Crippen LogP contribution is -2.36. The van der Waals surface area contributed by atoms with E-state index in [1.54, 1.807) is 6.08 Å². The molecule has 18 heavy (non-hydrogen) atoms. The highest BCUT2D eigenvalue weighted by atomic mass is 32.1. The Balaban J connectivity index is 2.39. The number of nitrogens with two attached hydrogens (primary N) is 1. The van der Waals surface area contributed by atoms with Gasteiger partial charge in [-0.1, -0.05) is 12.7 Å². The minimum absolute atomic E-state index is 0.403. The van der Waals surface area contributed by atoms with E-state index in [1.165, 1.54) is 18.4 Å². The molecule has 2 N–H and O–H groups in total. The first-order valence-electron chi connectivity index (χ1n) is 5.64. The fourth-order valence-electron chi connectivity index (χ4n) is 1.89. The van der Waals surface area contributed by atoms with E-state index >= 15 is 0 Å². The molecule has 1 aromatic heterocycles. The Kier molecular flexibility index (Phi) is 3.88. The van der Waals surface area contributed by atoms with Crippen LogP contribution in [0, 0.1) is 0 Å². The van der Waals surface area contributed by atoms with Crippen LogP contribution in [0.5, 0.6) is 0 Å². The van der Waals surface area contributed by atoms with Gasteiger partial charge in [-0.25, -0.2) is 4.79 Å². The maximum Gasteiger partial charge on any atom is 0.350 e. The van der Waals surface area contributed by atoms with Crippen LogP contribution in [-0.2, 0) is 9.47 Å². The van der Waals surface area contributed by atoms with Crippen molar-refractivity contribution in [2.24, 2.45) is 0 Å². The van der Waals surface area contributed by atoms with E-state index in [0.717, 1.165) is 23.7 Å². The Morgan fingerprint density at radius 3 is 2.78 bits per heavy atom. The number of esters is 1. The van der Waals surface area contributed by atoms with E-state index in [2.05, 4.69) is 11.5 Å². The summed E-state index contributed by atoms with van der Waals surface area (Å²) in [6, 6.07) is 0. The molecule has 1 aliphatic heterocycles. The third-order valence-corrected chi connectivity index (χ3v) is 4.10. The van der Waals surface area contributed by atoms with Gasteiger partial charge in [-0.05, 0) is 0 Å². The van der Waals surface area contributed by atoms with Crippen molar-refractivity contribution in [3.63, 3.8) is 0 Å². The minimum atomic E-state index is -0.403. The van der Waals surface area contributed by atoms with Crippen molar-refractivity contribution >= 4 is 34.1 Å². The van der Waals surface area contributed by atoms with E-state index in [9.17, 15) is 4.79 Å². The highest BCUT2D eigenvalue weighted by Crippen LogP contribution is 2.39. The third kappa shape index (κ3) is 2.21. The fourth-order valence-corrected chi connectivity index (χ4v) is 3.08. The number of carbonyl (C=O) groups excluding carboxylic acids is 1. The molecule has 1 fully saturated rings. The number of thiophene rings is 1. The van der Waals surface area contributed by atoms with Crippen molar-refractivity contribution in [1.82, 2.24) is 0 Å². The standard InChI is InChI=1S/C12H16N2O3S/c1-3-8-9(13)10(12(15)16-2)18-11(8)14-4-6-17-7-5-14/h3H,1,4-7,13H2,2H3. The van der Waals surface area contributed by atoms with Gasteiger partial charge in [-0.3, -0.25) is 0 Å². The van der Waals surface area contributed by atoms with Crippen molar-refractivity contribution < 1.29 is 14.3 Å². The maximum absolute atomic E-state index is 11.6. The molecule has 0 aromatic carbocycles. The molecule has 0 bridgehead atoms. The van der Waals surface area contributed by atoms with E-state index in [-0.39, 0.29) is 0 Å². The van der Waals surface area contributed by atoms with Crippen molar-refractivity contribution in [3.8, 4) is 0 Å². The second kappa shape index (κ2) is 5.41.